The lowest BCUT2D eigenvalue weighted by Crippen LogP contribution is -2.52. The van der Waals surface area contributed by atoms with Crippen molar-refractivity contribution in [2.24, 2.45) is 11.1 Å². The van der Waals surface area contributed by atoms with Crippen LogP contribution in [-0.4, -0.2) is 17.3 Å². The Labute approximate surface area is 81.5 Å². The van der Waals surface area contributed by atoms with Crippen molar-refractivity contribution in [3.05, 3.63) is 0 Å². The van der Waals surface area contributed by atoms with E-state index in [1.54, 1.807) is 0 Å². The molecule has 0 atom stereocenters. The van der Waals surface area contributed by atoms with Crippen LogP contribution in [0.4, 0.5) is 0 Å². The molecule has 0 aromatic rings. The van der Waals surface area contributed by atoms with Crippen LogP contribution in [-0.2, 0) is 0 Å². The van der Waals surface area contributed by atoms with E-state index < -0.39 is 0 Å². The fraction of sp³-hybridized carbons (Fsp3) is 1.00. The van der Waals surface area contributed by atoms with Crippen molar-refractivity contribution < 1.29 is 5.11 Å². The maximum absolute atomic E-state index is 9.09. The highest BCUT2D eigenvalue weighted by Gasteiger charge is 2.42. The van der Waals surface area contributed by atoms with E-state index in [4.69, 9.17) is 10.8 Å². The molecule has 2 nitrogen and oxygen atoms in total. The van der Waals surface area contributed by atoms with Crippen LogP contribution in [0.1, 0.15) is 52.4 Å². The fourth-order valence-corrected chi connectivity index (χ4v) is 2.66. The molecule has 2 heteroatoms. The van der Waals surface area contributed by atoms with Crippen LogP contribution in [0.5, 0.6) is 0 Å². The largest absolute Gasteiger partial charge is 0.396 e. The van der Waals surface area contributed by atoms with E-state index in [0.717, 1.165) is 6.42 Å². The van der Waals surface area contributed by atoms with Crippen LogP contribution in [0.15, 0.2) is 0 Å². The average Bonchev–Trinajstić information content (AvgIpc) is 2.04. The van der Waals surface area contributed by atoms with Gasteiger partial charge in [0.1, 0.15) is 0 Å². The summed E-state index contributed by atoms with van der Waals surface area (Å²) in [6.07, 6.45) is 7.15. The first kappa shape index (κ1) is 11.0. The molecule has 0 saturated heterocycles. The van der Waals surface area contributed by atoms with Gasteiger partial charge < -0.3 is 10.8 Å². The van der Waals surface area contributed by atoms with E-state index in [9.17, 15) is 0 Å². The lowest BCUT2D eigenvalue weighted by molar-refractivity contribution is 0.0562. The summed E-state index contributed by atoms with van der Waals surface area (Å²) in [7, 11) is 0. The summed E-state index contributed by atoms with van der Waals surface area (Å²) in [5.41, 5.74) is 6.27. The molecule has 0 amide bonds. The summed E-state index contributed by atoms with van der Waals surface area (Å²) in [6, 6.07) is 0. The molecule has 1 aliphatic rings. The first-order chi connectivity index (χ1) is 6.02. The Morgan fingerprint density at radius 2 is 1.77 bits per heavy atom. The third-order valence-electron chi connectivity index (χ3n) is 3.77. The Morgan fingerprint density at radius 1 is 1.23 bits per heavy atom. The van der Waals surface area contributed by atoms with Crippen LogP contribution in [0, 0.1) is 5.41 Å². The van der Waals surface area contributed by atoms with Crippen LogP contribution in [0.3, 0.4) is 0 Å². The summed E-state index contributed by atoms with van der Waals surface area (Å²) >= 11 is 0. The minimum atomic E-state index is -0.143. The molecule has 0 aromatic carbocycles. The molecule has 13 heavy (non-hydrogen) atoms. The fourth-order valence-electron chi connectivity index (χ4n) is 2.66. The molecular weight excluding hydrogens is 162 g/mol. The minimum absolute atomic E-state index is 0.143. The first-order valence-electron chi connectivity index (χ1n) is 5.42. The van der Waals surface area contributed by atoms with Crippen molar-refractivity contribution in [1.29, 1.82) is 0 Å². The number of nitrogens with two attached hydrogens (primary N) is 1. The normalized spacial score (nSPS) is 23.1. The molecule has 1 rings (SSSR count). The molecule has 3 N–H and O–H groups in total. The van der Waals surface area contributed by atoms with Crippen molar-refractivity contribution >= 4 is 0 Å². The van der Waals surface area contributed by atoms with E-state index in [-0.39, 0.29) is 17.6 Å². The standard InChI is InChI=1S/C11H23NO/c1-10(2,12)11(8-9-13)6-4-3-5-7-11/h13H,3-9,12H2,1-2H3. The summed E-state index contributed by atoms with van der Waals surface area (Å²) in [4.78, 5) is 0. The highest BCUT2D eigenvalue weighted by molar-refractivity contribution is 4.97. The van der Waals surface area contributed by atoms with Crippen molar-refractivity contribution in [1.82, 2.24) is 0 Å². The van der Waals surface area contributed by atoms with Crippen LogP contribution >= 0.6 is 0 Å². The first-order valence-corrected chi connectivity index (χ1v) is 5.42. The van der Waals surface area contributed by atoms with Gasteiger partial charge in [-0.2, -0.15) is 0 Å². The van der Waals surface area contributed by atoms with Gasteiger partial charge in [-0.1, -0.05) is 19.3 Å². The molecule has 0 aromatic heterocycles. The monoisotopic (exact) mass is 185 g/mol. The minimum Gasteiger partial charge on any atom is -0.396 e. The number of hydrogen-bond acceptors (Lipinski definition) is 2. The van der Waals surface area contributed by atoms with Gasteiger partial charge >= 0.3 is 0 Å². The van der Waals surface area contributed by atoms with Gasteiger partial charge in [-0.3, -0.25) is 0 Å². The molecule has 78 valence electrons. The molecule has 1 fully saturated rings. The predicted molar refractivity (Wildman–Crippen MR) is 55.5 cm³/mol. The average molecular weight is 185 g/mol. The van der Waals surface area contributed by atoms with Crippen LogP contribution < -0.4 is 5.73 Å². The lowest BCUT2D eigenvalue weighted by Gasteiger charge is -2.47. The van der Waals surface area contributed by atoms with Crippen molar-refractivity contribution in [2.75, 3.05) is 6.61 Å². The lowest BCUT2D eigenvalue weighted by atomic mass is 9.61. The van der Waals surface area contributed by atoms with Crippen molar-refractivity contribution in [3.8, 4) is 0 Å². The number of rotatable bonds is 3. The SMILES string of the molecule is CC(C)(N)C1(CCO)CCCCC1. The molecule has 0 radical (unpaired) electrons. The second-order valence-electron chi connectivity index (χ2n) is 5.04. The molecule has 0 aliphatic heterocycles. The Kier molecular flexibility index (Phi) is 3.36. The van der Waals surface area contributed by atoms with Gasteiger partial charge in [0, 0.05) is 12.1 Å². The van der Waals surface area contributed by atoms with Gasteiger partial charge in [0.15, 0.2) is 0 Å². The van der Waals surface area contributed by atoms with Crippen molar-refractivity contribution in [3.63, 3.8) is 0 Å². The van der Waals surface area contributed by atoms with Gasteiger partial charge in [-0.25, -0.2) is 0 Å². The van der Waals surface area contributed by atoms with Gasteiger partial charge in [0.25, 0.3) is 0 Å². The predicted octanol–water partition coefficient (Wildman–Crippen LogP) is 2.06. The molecule has 0 heterocycles. The second-order valence-corrected chi connectivity index (χ2v) is 5.04. The second kappa shape index (κ2) is 3.97. The Bertz CT molecular complexity index is 148. The molecular formula is C11H23NO. The topological polar surface area (TPSA) is 46.2 Å². The number of hydrogen-bond donors (Lipinski definition) is 2. The van der Waals surface area contributed by atoms with Gasteiger partial charge in [0.05, 0.1) is 0 Å². The quantitative estimate of drug-likeness (QED) is 0.707. The maximum atomic E-state index is 9.09. The Balaban J connectivity index is 2.73. The molecule has 1 aliphatic carbocycles. The third-order valence-corrected chi connectivity index (χ3v) is 3.77. The van der Waals surface area contributed by atoms with Gasteiger partial charge in [-0.05, 0) is 38.5 Å². The maximum Gasteiger partial charge on any atom is 0.0437 e. The third kappa shape index (κ3) is 2.23. The van der Waals surface area contributed by atoms with Crippen molar-refractivity contribution in [2.45, 2.75) is 57.9 Å². The number of aliphatic hydroxyl groups excluding tert-OH is 1. The zero-order valence-electron chi connectivity index (χ0n) is 8.97. The van der Waals surface area contributed by atoms with Gasteiger partial charge in [-0.15, -0.1) is 0 Å². The molecule has 1 saturated carbocycles. The van der Waals surface area contributed by atoms with E-state index in [2.05, 4.69) is 13.8 Å². The van der Waals surface area contributed by atoms with E-state index in [1.165, 1.54) is 32.1 Å². The highest BCUT2D eigenvalue weighted by atomic mass is 16.3. The summed E-state index contributed by atoms with van der Waals surface area (Å²) < 4.78 is 0. The van der Waals surface area contributed by atoms with E-state index in [0.29, 0.717) is 0 Å². The van der Waals surface area contributed by atoms with Crippen LogP contribution in [0.25, 0.3) is 0 Å². The van der Waals surface area contributed by atoms with Crippen LogP contribution in [0.2, 0.25) is 0 Å². The molecule has 0 spiro atoms. The van der Waals surface area contributed by atoms with Gasteiger partial charge in [0.2, 0.25) is 0 Å². The summed E-state index contributed by atoms with van der Waals surface area (Å²) in [5.74, 6) is 0. The molecule has 0 bridgehead atoms. The Morgan fingerprint density at radius 3 is 2.15 bits per heavy atom. The highest BCUT2D eigenvalue weighted by Crippen LogP contribution is 2.45. The van der Waals surface area contributed by atoms with E-state index in [1.807, 2.05) is 0 Å². The Hall–Kier alpha value is -0.0800. The molecule has 0 unspecified atom stereocenters. The summed E-state index contributed by atoms with van der Waals surface area (Å²) in [5, 5.41) is 9.09. The smallest absolute Gasteiger partial charge is 0.0437 e. The zero-order chi connectivity index (χ0) is 9.95. The summed E-state index contributed by atoms with van der Waals surface area (Å²) in [6.45, 7) is 4.49. The van der Waals surface area contributed by atoms with E-state index >= 15 is 0 Å². The zero-order valence-corrected chi connectivity index (χ0v) is 8.97. The number of aliphatic hydroxyl groups is 1.